The largest absolute Gasteiger partial charge is 0.259 e. The fraction of sp³-hybridized carbons (Fsp3) is 0.455. The van der Waals surface area contributed by atoms with Crippen molar-refractivity contribution in [2.75, 3.05) is 6.54 Å². The molecule has 1 aliphatic heterocycles. The lowest BCUT2D eigenvalue weighted by molar-refractivity contribution is 0.890. The van der Waals surface area contributed by atoms with Crippen LogP contribution in [0, 0.1) is 0 Å². The molecule has 0 aromatic carbocycles. The van der Waals surface area contributed by atoms with Crippen molar-refractivity contribution in [1.82, 2.24) is 0 Å². The van der Waals surface area contributed by atoms with Crippen molar-refractivity contribution in [2.45, 2.75) is 26.7 Å². The summed E-state index contributed by atoms with van der Waals surface area (Å²) in [7, 11) is 0. The monoisotopic (exact) mass is 206 g/mol. The molecule has 0 N–H and O–H groups in total. The van der Waals surface area contributed by atoms with E-state index in [-0.39, 0.29) is 0 Å². The second kappa shape index (κ2) is 3.65. The quantitative estimate of drug-likeness (QED) is 0.710. The van der Waals surface area contributed by atoms with E-state index in [1.807, 2.05) is 6.92 Å². The van der Waals surface area contributed by atoms with E-state index in [1.54, 1.807) is 11.3 Å². The van der Waals surface area contributed by atoms with Gasteiger partial charge >= 0.3 is 0 Å². The Kier molecular flexibility index (Phi) is 2.50. The highest BCUT2D eigenvalue weighted by atomic mass is 32.1. The summed E-state index contributed by atoms with van der Waals surface area (Å²) in [5.74, 6) is 1.51. The second-order valence-electron chi connectivity index (χ2n) is 3.84. The maximum absolute atomic E-state index is 4.41. The fourth-order valence-corrected chi connectivity index (χ4v) is 2.32. The molecule has 0 aliphatic carbocycles. The van der Waals surface area contributed by atoms with Gasteiger partial charge in [0.15, 0.2) is 5.84 Å². The Bertz CT molecular complexity index is 399. The minimum atomic E-state index is 0.598. The van der Waals surface area contributed by atoms with Crippen LogP contribution in [0.2, 0.25) is 0 Å². The van der Waals surface area contributed by atoms with Gasteiger partial charge in [0, 0.05) is 10.6 Å². The molecule has 3 heteroatoms. The highest BCUT2D eigenvalue weighted by molar-refractivity contribution is 7.14. The van der Waals surface area contributed by atoms with Crippen LogP contribution in [-0.2, 0) is 0 Å². The normalized spacial score (nSPS) is 16.0. The molecular formula is C11H14N2S. The second-order valence-corrected chi connectivity index (χ2v) is 4.96. The molecule has 2 heterocycles. The van der Waals surface area contributed by atoms with Crippen molar-refractivity contribution in [3.63, 3.8) is 0 Å². The highest BCUT2D eigenvalue weighted by Crippen LogP contribution is 2.25. The Labute approximate surface area is 88.4 Å². The summed E-state index contributed by atoms with van der Waals surface area (Å²) in [6.45, 7) is 7.21. The first-order valence-electron chi connectivity index (χ1n) is 4.85. The van der Waals surface area contributed by atoms with Gasteiger partial charge in [-0.15, -0.1) is 11.3 Å². The van der Waals surface area contributed by atoms with E-state index in [2.05, 4.69) is 36.0 Å². The molecule has 0 atom stereocenters. The smallest absolute Gasteiger partial charge is 0.165 e. The first-order chi connectivity index (χ1) is 6.66. The average molecular weight is 206 g/mol. The Morgan fingerprint density at radius 1 is 1.36 bits per heavy atom. The summed E-state index contributed by atoms with van der Waals surface area (Å²) in [5.41, 5.74) is 1.11. The SMILES string of the molecule is CC1=NC(c2ccc(C(C)C)s2)=NC1. The van der Waals surface area contributed by atoms with E-state index in [9.17, 15) is 0 Å². The molecule has 0 bridgehead atoms. The molecule has 0 saturated heterocycles. The van der Waals surface area contributed by atoms with Crippen molar-refractivity contribution >= 4 is 22.9 Å². The molecule has 0 amide bonds. The van der Waals surface area contributed by atoms with Crippen LogP contribution >= 0.6 is 11.3 Å². The lowest BCUT2D eigenvalue weighted by atomic mass is 10.2. The number of hydrogen-bond acceptors (Lipinski definition) is 3. The molecule has 74 valence electrons. The molecule has 0 saturated carbocycles. The lowest BCUT2D eigenvalue weighted by Gasteiger charge is -1.97. The predicted octanol–water partition coefficient (Wildman–Crippen LogP) is 3.09. The van der Waals surface area contributed by atoms with E-state index in [0.29, 0.717) is 5.92 Å². The van der Waals surface area contributed by atoms with Gasteiger partial charge in [-0.2, -0.15) is 0 Å². The molecule has 14 heavy (non-hydrogen) atoms. The number of thiophene rings is 1. The van der Waals surface area contributed by atoms with E-state index >= 15 is 0 Å². The fourth-order valence-electron chi connectivity index (χ4n) is 1.36. The minimum Gasteiger partial charge on any atom is -0.259 e. The number of amidine groups is 1. The number of aliphatic imine (C=N–C) groups is 2. The average Bonchev–Trinajstić information content (AvgIpc) is 2.70. The number of hydrogen-bond donors (Lipinski definition) is 0. The highest BCUT2D eigenvalue weighted by Gasteiger charge is 2.12. The summed E-state index contributed by atoms with van der Waals surface area (Å²) < 4.78 is 0. The van der Waals surface area contributed by atoms with Crippen molar-refractivity contribution in [1.29, 1.82) is 0 Å². The first kappa shape index (κ1) is 9.59. The van der Waals surface area contributed by atoms with E-state index in [4.69, 9.17) is 0 Å². The van der Waals surface area contributed by atoms with Crippen LogP contribution in [0.25, 0.3) is 0 Å². The van der Waals surface area contributed by atoms with Crippen LogP contribution < -0.4 is 0 Å². The van der Waals surface area contributed by atoms with Crippen molar-refractivity contribution < 1.29 is 0 Å². The Hall–Kier alpha value is -0.960. The molecule has 0 radical (unpaired) electrons. The summed E-state index contributed by atoms with van der Waals surface area (Å²) in [6, 6.07) is 4.30. The van der Waals surface area contributed by atoms with Crippen molar-refractivity contribution in [3.8, 4) is 0 Å². The molecule has 2 rings (SSSR count). The molecule has 0 fully saturated rings. The van der Waals surface area contributed by atoms with Gasteiger partial charge in [0.1, 0.15) is 0 Å². The zero-order chi connectivity index (χ0) is 10.1. The first-order valence-corrected chi connectivity index (χ1v) is 5.67. The molecule has 1 aliphatic rings. The minimum absolute atomic E-state index is 0.598. The third-order valence-electron chi connectivity index (χ3n) is 2.17. The summed E-state index contributed by atoms with van der Waals surface area (Å²) in [5, 5.41) is 0. The molecule has 1 aromatic heterocycles. The third kappa shape index (κ3) is 1.77. The zero-order valence-electron chi connectivity index (χ0n) is 8.74. The Balaban J connectivity index is 2.26. The van der Waals surface area contributed by atoms with Gasteiger partial charge in [0.2, 0.25) is 0 Å². The summed E-state index contributed by atoms with van der Waals surface area (Å²) in [6.07, 6.45) is 0. The van der Waals surface area contributed by atoms with Gasteiger partial charge in [0.25, 0.3) is 0 Å². The number of rotatable bonds is 2. The molecule has 2 nitrogen and oxygen atoms in total. The Morgan fingerprint density at radius 3 is 2.64 bits per heavy atom. The van der Waals surface area contributed by atoms with Gasteiger partial charge in [-0.25, -0.2) is 4.99 Å². The number of nitrogens with zero attached hydrogens (tertiary/aromatic N) is 2. The van der Waals surface area contributed by atoms with E-state index < -0.39 is 0 Å². The summed E-state index contributed by atoms with van der Waals surface area (Å²) >= 11 is 1.80. The molecule has 0 spiro atoms. The van der Waals surface area contributed by atoms with Crippen LogP contribution in [0.5, 0.6) is 0 Å². The maximum atomic E-state index is 4.41. The van der Waals surface area contributed by atoms with Crippen LogP contribution in [0.3, 0.4) is 0 Å². The van der Waals surface area contributed by atoms with E-state index in [1.165, 1.54) is 9.75 Å². The zero-order valence-corrected chi connectivity index (χ0v) is 9.56. The van der Waals surface area contributed by atoms with Crippen molar-refractivity contribution in [2.24, 2.45) is 9.98 Å². The Morgan fingerprint density at radius 2 is 2.14 bits per heavy atom. The van der Waals surface area contributed by atoms with E-state index in [0.717, 1.165) is 18.1 Å². The topological polar surface area (TPSA) is 24.7 Å². The maximum Gasteiger partial charge on any atom is 0.165 e. The standard InChI is InChI=1S/C11H14N2S/c1-7(2)9-4-5-10(14-9)11-12-6-8(3)13-11/h4-5,7H,6H2,1-3H3. The van der Waals surface area contributed by atoms with Crippen LogP contribution in [0.1, 0.15) is 36.4 Å². The van der Waals surface area contributed by atoms with Crippen LogP contribution in [-0.4, -0.2) is 18.1 Å². The molecule has 1 aromatic rings. The van der Waals surface area contributed by atoms with Crippen LogP contribution in [0.4, 0.5) is 0 Å². The third-order valence-corrected chi connectivity index (χ3v) is 3.55. The van der Waals surface area contributed by atoms with Crippen LogP contribution in [0.15, 0.2) is 22.1 Å². The molecule has 0 unspecified atom stereocenters. The van der Waals surface area contributed by atoms with Gasteiger partial charge in [-0.3, -0.25) is 4.99 Å². The summed E-state index contributed by atoms with van der Waals surface area (Å²) in [4.78, 5) is 11.4. The van der Waals surface area contributed by atoms with Gasteiger partial charge in [0.05, 0.1) is 11.4 Å². The van der Waals surface area contributed by atoms with Gasteiger partial charge in [-0.1, -0.05) is 13.8 Å². The van der Waals surface area contributed by atoms with Gasteiger partial charge in [-0.05, 0) is 25.0 Å². The lowest BCUT2D eigenvalue weighted by Crippen LogP contribution is -1.89. The van der Waals surface area contributed by atoms with Gasteiger partial charge < -0.3 is 0 Å². The predicted molar refractivity (Wildman–Crippen MR) is 62.9 cm³/mol. The molecular weight excluding hydrogens is 192 g/mol. The van der Waals surface area contributed by atoms with Crippen molar-refractivity contribution in [3.05, 3.63) is 21.9 Å².